The summed E-state index contributed by atoms with van der Waals surface area (Å²) >= 11 is 0. The van der Waals surface area contributed by atoms with Crippen LogP contribution in [-0.4, -0.2) is 33.7 Å². The van der Waals surface area contributed by atoms with Gasteiger partial charge in [-0.1, -0.05) is 0 Å². The minimum Gasteiger partial charge on any atom is -0.362 e. The van der Waals surface area contributed by atoms with E-state index in [-0.39, 0.29) is 5.91 Å². The molecule has 1 heterocycles. The highest BCUT2D eigenvalue weighted by Crippen LogP contribution is 2.30. The van der Waals surface area contributed by atoms with Gasteiger partial charge in [0.2, 0.25) is 5.91 Å². The lowest BCUT2D eigenvalue weighted by molar-refractivity contribution is -0.117. The molecule has 2 rings (SSSR count). The molecule has 1 aliphatic heterocycles. The van der Waals surface area contributed by atoms with Crippen molar-refractivity contribution >= 4 is 17.3 Å². The Kier molecular flexibility index (Phi) is 2.83. The Labute approximate surface area is 95.8 Å². The number of benzene rings is 1. The lowest BCUT2D eigenvalue weighted by Gasteiger charge is -2.19. The van der Waals surface area contributed by atoms with Crippen LogP contribution in [0.15, 0.2) is 18.2 Å². The Morgan fingerprint density at radius 2 is 2.25 bits per heavy atom. The van der Waals surface area contributed by atoms with Crippen molar-refractivity contribution in [3.8, 4) is 0 Å². The lowest BCUT2D eigenvalue weighted by atomic mass is 10.1. The first kappa shape index (κ1) is 11.0. The average molecular weight is 219 g/mol. The largest absolute Gasteiger partial charge is 0.362 e. The number of nitrogens with zero attached hydrogens (tertiary/aromatic N) is 2. The first-order valence-corrected chi connectivity index (χ1v) is 5.38. The standard InChI is InChI=1S/C12H17N3O/c1-13-8-14(2)10-4-5-11-9(6-10)7-12(16)15(11)3/h4-6,13H,7-8H2,1-3H3. The summed E-state index contributed by atoms with van der Waals surface area (Å²) in [5.74, 6) is 0.170. The van der Waals surface area contributed by atoms with Gasteiger partial charge in [0.25, 0.3) is 0 Å². The Hall–Kier alpha value is -1.55. The second-order valence-electron chi connectivity index (χ2n) is 4.15. The average Bonchev–Trinajstić information content (AvgIpc) is 2.55. The Morgan fingerprint density at radius 3 is 2.94 bits per heavy atom. The van der Waals surface area contributed by atoms with Crippen LogP contribution in [0, 0.1) is 0 Å². The van der Waals surface area contributed by atoms with Crippen LogP contribution < -0.4 is 15.1 Å². The molecule has 0 saturated heterocycles. The maximum Gasteiger partial charge on any atom is 0.231 e. The van der Waals surface area contributed by atoms with Gasteiger partial charge in [-0.3, -0.25) is 4.79 Å². The molecule has 0 unspecified atom stereocenters. The minimum atomic E-state index is 0.170. The minimum absolute atomic E-state index is 0.170. The molecule has 4 nitrogen and oxygen atoms in total. The van der Waals surface area contributed by atoms with Crippen LogP contribution in [0.4, 0.5) is 11.4 Å². The van der Waals surface area contributed by atoms with E-state index in [0.717, 1.165) is 23.6 Å². The van der Waals surface area contributed by atoms with Gasteiger partial charge in [-0.25, -0.2) is 0 Å². The van der Waals surface area contributed by atoms with Crippen molar-refractivity contribution < 1.29 is 4.79 Å². The molecule has 0 atom stereocenters. The fourth-order valence-corrected chi connectivity index (χ4v) is 2.02. The molecule has 0 bridgehead atoms. The van der Waals surface area contributed by atoms with Crippen molar-refractivity contribution in [2.45, 2.75) is 6.42 Å². The first-order chi connectivity index (χ1) is 7.63. The van der Waals surface area contributed by atoms with E-state index < -0.39 is 0 Å². The zero-order valence-electron chi connectivity index (χ0n) is 9.95. The van der Waals surface area contributed by atoms with Gasteiger partial charge in [0, 0.05) is 25.5 Å². The summed E-state index contributed by atoms with van der Waals surface area (Å²) in [5, 5.41) is 3.10. The zero-order chi connectivity index (χ0) is 11.7. The third kappa shape index (κ3) is 1.76. The van der Waals surface area contributed by atoms with E-state index in [1.807, 2.05) is 33.3 Å². The highest BCUT2D eigenvalue weighted by molar-refractivity contribution is 6.01. The number of rotatable bonds is 3. The number of hydrogen-bond donors (Lipinski definition) is 1. The summed E-state index contributed by atoms with van der Waals surface area (Å²) in [4.78, 5) is 15.4. The number of carbonyl (C=O) groups is 1. The normalized spacial score (nSPS) is 14.2. The molecule has 86 valence electrons. The fraction of sp³-hybridized carbons (Fsp3) is 0.417. The van der Waals surface area contributed by atoms with Crippen LogP contribution in [-0.2, 0) is 11.2 Å². The van der Waals surface area contributed by atoms with E-state index in [1.54, 1.807) is 4.90 Å². The summed E-state index contributed by atoms with van der Waals surface area (Å²) in [6, 6.07) is 6.15. The molecule has 0 aliphatic carbocycles. The number of anilines is 2. The van der Waals surface area contributed by atoms with Gasteiger partial charge in [0.05, 0.1) is 13.1 Å². The lowest BCUT2D eigenvalue weighted by Crippen LogP contribution is -2.28. The van der Waals surface area contributed by atoms with Crippen molar-refractivity contribution in [2.75, 3.05) is 37.6 Å². The fourth-order valence-electron chi connectivity index (χ4n) is 2.02. The molecule has 1 aromatic rings. The summed E-state index contributed by atoms with van der Waals surface area (Å²) in [6.07, 6.45) is 0.521. The highest BCUT2D eigenvalue weighted by Gasteiger charge is 2.24. The van der Waals surface area contributed by atoms with Gasteiger partial charge in [0.15, 0.2) is 0 Å². The summed E-state index contributed by atoms with van der Waals surface area (Å²) in [7, 11) is 5.77. The third-order valence-electron chi connectivity index (χ3n) is 2.98. The SMILES string of the molecule is CNCN(C)c1ccc2c(c1)CC(=O)N2C. The van der Waals surface area contributed by atoms with Crippen LogP contribution >= 0.6 is 0 Å². The van der Waals surface area contributed by atoms with Gasteiger partial charge in [-0.15, -0.1) is 0 Å². The second kappa shape index (κ2) is 4.14. The van der Waals surface area contributed by atoms with Crippen LogP contribution in [0.3, 0.4) is 0 Å². The van der Waals surface area contributed by atoms with E-state index in [0.29, 0.717) is 6.42 Å². The van der Waals surface area contributed by atoms with Crippen LogP contribution in [0.5, 0.6) is 0 Å². The third-order valence-corrected chi connectivity index (χ3v) is 2.98. The quantitative estimate of drug-likeness (QED) is 0.764. The van der Waals surface area contributed by atoms with Crippen molar-refractivity contribution in [1.82, 2.24) is 5.32 Å². The number of amides is 1. The predicted octanol–water partition coefficient (Wildman–Crippen LogP) is 0.819. The first-order valence-electron chi connectivity index (χ1n) is 5.38. The molecule has 1 aromatic carbocycles. The summed E-state index contributed by atoms with van der Waals surface area (Å²) in [6.45, 7) is 0.794. The van der Waals surface area contributed by atoms with E-state index in [9.17, 15) is 4.79 Å². The Balaban J connectivity index is 2.28. The predicted molar refractivity (Wildman–Crippen MR) is 65.9 cm³/mol. The van der Waals surface area contributed by atoms with Gasteiger partial charge >= 0.3 is 0 Å². The van der Waals surface area contributed by atoms with E-state index in [2.05, 4.69) is 16.3 Å². The molecule has 0 radical (unpaired) electrons. The molecule has 0 spiro atoms. The smallest absolute Gasteiger partial charge is 0.231 e. The molecule has 1 aliphatic rings. The monoisotopic (exact) mass is 219 g/mol. The van der Waals surface area contributed by atoms with Crippen LogP contribution in [0.2, 0.25) is 0 Å². The summed E-state index contributed by atoms with van der Waals surface area (Å²) < 4.78 is 0. The van der Waals surface area contributed by atoms with Crippen molar-refractivity contribution in [2.24, 2.45) is 0 Å². The molecule has 0 fully saturated rings. The molecular formula is C12H17N3O. The Bertz CT molecular complexity index is 417. The van der Waals surface area contributed by atoms with Gasteiger partial charge in [-0.2, -0.15) is 0 Å². The van der Waals surface area contributed by atoms with Crippen LogP contribution in [0.25, 0.3) is 0 Å². The maximum atomic E-state index is 11.5. The Morgan fingerprint density at radius 1 is 1.50 bits per heavy atom. The zero-order valence-corrected chi connectivity index (χ0v) is 9.95. The number of carbonyl (C=O) groups excluding carboxylic acids is 1. The van der Waals surface area contributed by atoms with E-state index >= 15 is 0 Å². The summed E-state index contributed by atoms with van der Waals surface area (Å²) in [5.41, 5.74) is 3.29. The number of nitrogens with one attached hydrogen (secondary N) is 1. The van der Waals surface area contributed by atoms with Gasteiger partial charge in [-0.05, 0) is 30.8 Å². The molecule has 1 N–H and O–H groups in total. The van der Waals surface area contributed by atoms with Crippen molar-refractivity contribution in [3.63, 3.8) is 0 Å². The topological polar surface area (TPSA) is 35.6 Å². The van der Waals surface area contributed by atoms with Gasteiger partial charge < -0.3 is 15.1 Å². The molecule has 16 heavy (non-hydrogen) atoms. The molecule has 4 heteroatoms. The molecule has 1 amide bonds. The molecule has 0 saturated carbocycles. The number of likely N-dealkylation sites (N-methyl/N-ethyl adjacent to an activating group) is 1. The van der Waals surface area contributed by atoms with Crippen molar-refractivity contribution in [3.05, 3.63) is 23.8 Å². The van der Waals surface area contributed by atoms with Gasteiger partial charge in [0.1, 0.15) is 0 Å². The number of hydrogen-bond acceptors (Lipinski definition) is 3. The van der Waals surface area contributed by atoms with Crippen LogP contribution in [0.1, 0.15) is 5.56 Å². The van der Waals surface area contributed by atoms with E-state index in [4.69, 9.17) is 0 Å². The molecule has 0 aromatic heterocycles. The second-order valence-corrected chi connectivity index (χ2v) is 4.15. The molecular weight excluding hydrogens is 202 g/mol. The highest BCUT2D eigenvalue weighted by atomic mass is 16.2. The number of fused-ring (bicyclic) bond motifs is 1. The van der Waals surface area contributed by atoms with E-state index in [1.165, 1.54) is 0 Å². The maximum absolute atomic E-state index is 11.5. The van der Waals surface area contributed by atoms with Crippen molar-refractivity contribution in [1.29, 1.82) is 0 Å².